The van der Waals surface area contributed by atoms with Crippen LogP contribution >= 0.6 is 0 Å². The highest BCUT2D eigenvalue weighted by atomic mass is 16.2. The van der Waals surface area contributed by atoms with E-state index < -0.39 is 0 Å². The molecule has 1 amide bonds. The van der Waals surface area contributed by atoms with Gasteiger partial charge in [-0.05, 0) is 80.1 Å². The molecule has 26 heavy (non-hydrogen) atoms. The standard InChI is InChI=1S/C22H27N3O/c1-24-12-10-20(21(24)19-7-4-11-23-14-19)15-25(2)22(26)18-9-8-16-5-3-6-17(16)13-18/h4,7-9,11,13-14,20-21H,3,5-6,10,12,15H2,1-2H3/t20-,21-/m0/s1. The first kappa shape index (κ1) is 17.2. The number of fused-ring (bicyclic) bond motifs is 1. The van der Waals surface area contributed by atoms with E-state index in [-0.39, 0.29) is 5.91 Å². The Kier molecular flexibility index (Phi) is 4.77. The number of amides is 1. The molecular weight excluding hydrogens is 322 g/mol. The van der Waals surface area contributed by atoms with Gasteiger partial charge in [0, 0.05) is 37.6 Å². The summed E-state index contributed by atoms with van der Waals surface area (Å²) in [5, 5.41) is 0. The van der Waals surface area contributed by atoms with Crippen LogP contribution in [0.4, 0.5) is 0 Å². The van der Waals surface area contributed by atoms with Crippen LogP contribution in [0.2, 0.25) is 0 Å². The van der Waals surface area contributed by atoms with E-state index in [0.29, 0.717) is 12.0 Å². The molecule has 1 fully saturated rings. The van der Waals surface area contributed by atoms with Crippen LogP contribution in [-0.4, -0.2) is 47.9 Å². The molecule has 0 saturated carbocycles. The number of aromatic nitrogens is 1. The third-order valence-corrected chi connectivity index (χ3v) is 6.00. The lowest BCUT2D eigenvalue weighted by molar-refractivity contribution is 0.0760. The van der Waals surface area contributed by atoms with E-state index in [2.05, 4.69) is 35.1 Å². The Morgan fingerprint density at radius 2 is 2.12 bits per heavy atom. The molecule has 1 aromatic heterocycles. The van der Waals surface area contributed by atoms with E-state index in [1.54, 1.807) is 0 Å². The predicted molar refractivity (Wildman–Crippen MR) is 103 cm³/mol. The fourth-order valence-electron chi connectivity index (χ4n) is 4.65. The summed E-state index contributed by atoms with van der Waals surface area (Å²) in [6.07, 6.45) is 8.36. The molecule has 4 heteroatoms. The van der Waals surface area contributed by atoms with Crippen molar-refractivity contribution in [2.24, 2.45) is 5.92 Å². The van der Waals surface area contributed by atoms with Crippen LogP contribution in [0.3, 0.4) is 0 Å². The molecule has 4 nitrogen and oxygen atoms in total. The summed E-state index contributed by atoms with van der Waals surface area (Å²) in [6.45, 7) is 1.84. The molecule has 0 bridgehead atoms. The fourth-order valence-corrected chi connectivity index (χ4v) is 4.65. The van der Waals surface area contributed by atoms with Gasteiger partial charge in [0.2, 0.25) is 0 Å². The third-order valence-electron chi connectivity index (χ3n) is 6.00. The molecule has 0 spiro atoms. The van der Waals surface area contributed by atoms with Crippen LogP contribution in [0.15, 0.2) is 42.7 Å². The van der Waals surface area contributed by atoms with E-state index in [4.69, 9.17) is 0 Å². The maximum atomic E-state index is 13.0. The quantitative estimate of drug-likeness (QED) is 0.849. The highest BCUT2D eigenvalue weighted by Crippen LogP contribution is 2.36. The molecule has 0 radical (unpaired) electrons. The van der Waals surface area contributed by atoms with Crippen LogP contribution in [0.1, 0.15) is 45.9 Å². The maximum absolute atomic E-state index is 13.0. The Balaban J connectivity index is 1.48. The monoisotopic (exact) mass is 349 g/mol. The first-order valence-corrected chi connectivity index (χ1v) is 9.61. The van der Waals surface area contributed by atoms with Crippen molar-refractivity contribution in [1.82, 2.24) is 14.8 Å². The molecule has 2 aromatic rings. The van der Waals surface area contributed by atoms with Crippen LogP contribution in [0, 0.1) is 5.92 Å². The van der Waals surface area contributed by atoms with Crippen molar-refractivity contribution in [3.63, 3.8) is 0 Å². The first-order valence-electron chi connectivity index (χ1n) is 9.61. The number of carbonyl (C=O) groups is 1. The summed E-state index contributed by atoms with van der Waals surface area (Å²) >= 11 is 0. The number of benzene rings is 1. The van der Waals surface area contributed by atoms with Gasteiger partial charge in [-0.3, -0.25) is 14.7 Å². The van der Waals surface area contributed by atoms with Gasteiger partial charge in [0.25, 0.3) is 5.91 Å². The molecule has 2 heterocycles. The normalized spacial score (nSPS) is 22.4. The number of rotatable bonds is 4. The molecule has 0 unspecified atom stereocenters. The number of nitrogens with zero attached hydrogens (tertiary/aromatic N) is 3. The zero-order valence-electron chi connectivity index (χ0n) is 15.7. The van der Waals surface area contributed by atoms with E-state index >= 15 is 0 Å². The smallest absolute Gasteiger partial charge is 0.253 e. The number of hydrogen-bond donors (Lipinski definition) is 0. The van der Waals surface area contributed by atoms with Gasteiger partial charge >= 0.3 is 0 Å². The zero-order chi connectivity index (χ0) is 18.1. The summed E-state index contributed by atoms with van der Waals surface area (Å²) in [4.78, 5) is 21.5. The second kappa shape index (κ2) is 7.20. The van der Waals surface area contributed by atoms with Gasteiger partial charge < -0.3 is 4.90 Å². The van der Waals surface area contributed by atoms with Gasteiger partial charge in [-0.15, -0.1) is 0 Å². The average molecular weight is 349 g/mol. The Morgan fingerprint density at radius 1 is 1.27 bits per heavy atom. The van der Waals surface area contributed by atoms with E-state index in [0.717, 1.165) is 37.9 Å². The minimum absolute atomic E-state index is 0.138. The van der Waals surface area contributed by atoms with Crippen LogP contribution < -0.4 is 0 Å². The molecule has 136 valence electrons. The Labute approximate surface area is 155 Å². The molecule has 2 aliphatic rings. The van der Waals surface area contributed by atoms with Crippen molar-refractivity contribution < 1.29 is 4.79 Å². The number of hydrogen-bond acceptors (Lipinski definition) is 3. The molecule has 1 aliphatic carbocycles. The van der Waals surface area contributed by atoms with Gasteiger partial charge in [-0.25, -0.2) is 0 Å². The van der Waals surface area contributed by atoms with Crippen molar-refractivity contribution in [3.8, 4) is 0 Å². The molecular formula is C22H27N3O. The lowest BCUT2D eigenvalue weighted by Gasteiger charge is -2.28. The van der Waals surface area contributed by atoms with Crippen LogP contribution in [0.25, 0.3) is 0 Å². The number of aryl methyl sites for hydroxylation is 2. The summed E-state index contributed by atoms with van der Waals surface area (Å²) in [6, 6.07) is 10.7. The van der Waals surface area contributed by atoms with Gasteiger partial charge in [0.15, 0.2) is 0 Å². The van der Waals surface area contributed by atoms with Gasteiger partial charge in [-0.1, -0.05) is 12.1 Å². The topological polar surface area (TPSA) is 36.4 Å². The second-order valence-electron chi connectivity index (χ2n) is 7.78. The van der Waals surface area contributed by atoms with Crippen molar-refractivity contribution in [2.45, 2.75) is 31.7 Å². The molecule has 2 atom stereocenters. The van der Waals surface area contributed by atoms with Gasteiger partial charge in [0.05, 0.1) is 0 Å². The van der Waals surface area contributed by atoms with Crippen LogP contribution in [0.5, 0.6) is 0 Å². The zero-order valence-corrected chi connectivity index (χ0v) is 15.7. The van der Waals surface area contributed by atoms with E-state index in [9.17, 15) is 4.79 Å². The van der Waals surface area contributed by atoms with E-state index in [1.807, 2.05) is 36.5 Å². The highest BCUT2D eigenvalue weighted by Gasteiger charge is 2.34. The largest absolute Gasteiger partial charge is 0.341 e. The predicted octanol–water partition coefficient (Wildman–Crippen LogP) is 3.34. The molecule has 1 aromatic carbocycles. The number of carbonyl (C=O) groups excluding carboxylic acids is 1. The number of pyridine rings is 1. The summed E-state index contributed by atoms with van der Waals surface area (Å²) < 4.78 is 0. The Morgan fingerprint density at radius 3 is 2.92 bits per heavy atom. The van der Waals surface area contributed by atoms with Gasteiger partial charge in [-0.2, -0.15) is 0 Å². The average Bonchev–Trinajstić information content (AvgIpc) is 3.27. The fraction of sp³-hybridized carbons (Fsp3) is 0.455. The first-order chi connectivity index (χ1) is 12.6. The Hall–Kier alpha value is -2.20. The van der Waals surface area contributed by atoms with Gasteiger partial charge in [0.1, 0.15) is 0 Å². The number of likely N-dealkylation sites (tertiary alicyclic amines) is 1. The molecule has 1 aliphatic heterocycles. The Bertz CT molecular complexity index is 789. The SMILES string of the molecule is CN(C[C@@H]1CCN(C)[C@H]1c1cccnc1)C(=O)c1ccc2c(c1)CCC2. The lowest BCUT2D eigenvalue weighted by Crippen LogP contribution is -2.34. The third kappa shape index (κ3) is 3.26. The lowest BCUT2D eigenvalue weighted by atomic mass is 9.94. The van der Waals surface area contributed by atoms with Crippen LogP contribution in [-0.2, 0) is 12.8 Å². The maximum Gasteiger partial charge on any atom is 0.253 e. The minimum Gasteiger partial charge on any atom is -0.341 e. The van der Waals surface area contributed by atoms with Crippen molar-refractivity contribution >= 4 is 5.91 Å². The molecule has 4 rings (SSSR count). The summed E-state index contributed by atoms with van der Waals surface area (Å²) in [5.74, 6) is 0.576. The highest BCUT2D eigenvalue weighted by molar-refractivity contribution is 5.94. The molecule has 1 saturated heterocycles. The summed E-state index contributed by atoms with van der Waals surface area (Å²) in [5.41, 5.74) is 4.85. The molecule has 0 N–H and O–H groups in total. The summed E-state index contributed by atoms with van der Waals surface area (Å²) in [7, 11) is 4.11. The van der Waals surface area contributed by atoms with Crippen molar-refractivity contribution in [1.29, 1.82) is 0 Å². The van der Waals surface area contributed by atoms with Crippen molar-refractivity contribution in [2.75, 3.05) is 27.2 Å². The van der Waals surface area contributed by atoms with Crippen molar-refractivity contribution in [3.05, 3.63) is 65.0 Å². The minimum atomic E-state index is 0.138. The second-order valence-corrected chi connectivity index (χ2v) is 7.78. The van der Waals surface area contributed by atoms with E-state index in [1.165, 1.54) is 23.1 Å².